The Morgan fingerprint density at radius 3 is 2.82 bits per heavy atom. The van der Waals surface area contributed by atoms with Crippen molar-refractivity contribution in [2.45, 2.75) is 19.4 Å². The number of hydrogen-bond acceptors (Lipinski definition) is 3. The van der Waals surface area contributed by atoms with Crippen LogP contribution in [0.4, 0.5) is 4.39 Å². The molecular weight excluding hydrogens is 223 g/mol. The molecule has 0 aromatic heterocycles. The summed E-state index contributed by atoms with van der Waals surface area (Å²) in [4.78, 5) is 10.9. The molecule has 0 spiro atoms. The highest BCUT2D eigenvalue weighted by atomic mass is 19.1. The third-order valence-electron chi connectivity index (χ3n) is 2.35. The second kappa shape index (κ2) is 6.20. The number of halogens is 1. The number of rotatable bonds is 5. The van der Waals surface area contributed by atoms with Crippen molar-refractivity contribution in [1.29, 1.82) is 0 Å². The molecule has 1 atom stereocenters. The van der Waals surface area contributed by atoms with Gasteiger partial charge in [-0.05, 0) is 24.6 Å². The summed E-state index contributed by atoms with van der Waals surface area (Å²) in [6, 6.07) is 4.37. The lowest BCUT2D eigenvalue weighted by Gasteiger charge is -2.10. The summed E-state index contributed by atoms with van der Waals surface area (Å²) in [6.07, 6.45) is 0.199. The molecule has 0 saturated carbocycles. The van der Waals surface area contributed by atoms with Crippen LogP contribution in [-0.2, 0) is 4.79 Å². The van der Waals surface area contributed by atoms with Crippen LogP contribution in [-0.4, -0.2) is 19.6 Å². The molecule has 0 fully saturated rings. The summed E-state index contributed by atoms with van der Waals surface area (Å²) in [7, 11) is 1.54. The minimum Gasteiger partial charge on any atom is -0.490 e. The minimum absolute atomic E-state index is 0.137. The van der Waals surface area contributed by atoms with Gasteiger partial charge in [0.05, 0.1) is 13.0 Å². The zero-order valence-corrected chi connectivity index (χ0v) is 10.00. The molecule has 1 unspecified atom stereocenters. The van der Waals surface area contributed by atoms with Gasteiger partial charge in [0.2, 0.25) is 5.91 Å². The number of hydrogen-bond donors (Lipinski definition) is 2. The summed E-state index contributed by atoms with van der Waals surface area (Å²) in [5.41, 5.74) is 6.34. The summed E-state index contributed by atoms with van der Waals surface area (Å²) in [6.45, 7) is 1.93. The van der Waals surface area contributed by atoms with Crippen molar-refractivity contribution < 1.29 is 13.9 Å². The Balaban J connectivity index is 2.57. The van der Waals surface area contributed by atoms with Crippen LogP contribution in [0.3, 0.4) is 0 Å². The Bertz CT molecular complexity index is 394. The number of nitrogens with two attached hydrogens (primary N) is 1. The fourth-order valence-electron chi connectivity index (χ4n) is 1.30. The molecule has 0 bridgehead atoms. The molecule has 17 heavy (non-hydrogen) atoms. The van der Waals surface area contributed by atoms with Crippen molar-refractivity contribution in [1.82, 2.24) is 5.32 Å². The standard InChI is InChI=1S/C12H17FN2O2/c1-8(14)9-3-4-11(10(13)7-9)17-6-5-12(16)15-2/h3-4,7-8H,5-6,14H2,1-2H3,(H,15,16). The molecule has 1 rings (SSSR count). The fraction of sp³-hybridized carbons (Fsp3) is 0.417. The molecule has 0 heterocycles. The SMILES string of the molecule is CNC(=O)CCOc1ccc(C(C)N)cc1F. The first kappa shape index (κ1) is 13.4. The van der Waals surface area contributed by atoms with E-state index in [9.17, 15) is 9.18 Å². The highest BCUT2D eigenvalue weighted by molar-refractivity contribution is 5.75. The highest BCUT2D eigenvalue weighted by Gasteiger charge is 2.07. The maximum Gasteiger partial charge on any atom is 0.223 e. The molecule has 94 valence electrons. The van der Waals surface area contributed by atoms with Crippen molar-refractivity contribution in [3.8, 4) is 5.75 Å². The first-order chi connectivity index (χ1) is 8.04. The van der Waals surface area contributed by atoms with E-state index in [-0.39, 0.29) is 30.7 Å². The molecule has 5 heteroatoms. The maximum atomic E-state index is 13.5. The summed E-state index contributed by atoms with van der Waals surface area (Å²) >= 11 is 0. The largest absolute Gasteiger partial charge is 0.490 e. The van der Waals surface area contributed by atoms with Gasteiger partial charge in [-0.2, -0.15) is 0 Å². The van der Waals surface area contributed by atoms with Gasteiger partial charge in [-0.1, -0.05) is 6.07 Å². The van der Waals surface area contributed by atoms with E-state index in [1.54, 1.807) is 20.0 Å². The van der Waals surface area contributed by atoms with Crippen molar-refractivity contribution in [3.05, 3.63) is 29.6 Å². The molecule has 0 aliphatic heterocycles. The van der Waals surface area contributed by atoms with Crippen LogP contribution in [0, 0.1) is 5.82 Å². The predicted octanol–water partition coefficient (Wildman–Crippen LogP) is 1.36. The van der Waals surface area contributed by atoms with E-state index in [1.807, 2.05) is 0 Å². The quantitative estimate of drug-likeness (QED) is 0.816. The number of amides is 1. The molecule has 4 nitrogen and oxygen atoms in total. The van der Waals surface area contributed by atoms with E-state index in [0.717, 1.165) is 0 Å². The number of carbonyl (C=O) groups excluding carboxylic acids is 1. The molecule has 0 saturated heterocycles. The summed E-state index contributed by atoms with van der Waals surface area (Å²) in [5.74, 6) is -0.465. The zero-order valence-electron chi connectivity index (χ0n) is 10.00. The predicted molar refractivity (Wildman–Crippen MR) is 63.2 cm³/mol. The molecule has 0 aliphatic carbocycles. The lowest BCUT2D eigenvalue weighted by atomic mass is 10.1. The van der Waals surface area contributed by atoms with Crippen LogP contribution in [0.15, 0.2) is 18.2 Å². The highest BCUT2D eigenvalue weighted by Crippen LogP contribution is 2.21. The average molecular weight is 240 g/mol. The van der Waals surface area contributed by atoms with Crippen LogP contribution >= 0.6 is 0 Å². The Hall–Kier alpha value is -1.62. The smallest absolute Gasteiger partial charge is 0.223 e. The summed E-state index contributed by atoms with van der Waals surface area (Å²) < 4.78 is 18.7. The van der Waals surface area contributed by atoms with Crippen LogP contribution in [0.2, 0.25) is 0 Å². The minimum atomic E-state index is -0.461. The van der Waals surface area contributed by atoms with Gasteiger partial charge >= 0.3 is 0 Å². The third-order valence-corrected chi connectivity index (χ3v) is 2.35. The van der Waals surface area contributed by atoms with Gasteiger partial charge in [-0.25, -0.2) is 4.39 Å². The zero-order chi connectivity index (χ0) is 12.8. The average Bonchev–Trinajstić information content (AvgIpc) is 2.30. The molecule has 0 radical (unpaired) electrons. The van der Waals surface area contributed by atoms with E-state index in [4.69, 9.17) is 10.5 Å². The number of nitrogens with one attached hydrogen (secondary N) is 1. The lowest BCUT2D eigenvalue weighted by molar-refractivity contribution is -0.121. The van der Waals surface area contributed by atoms with Gasteiger partial charge in [0.1, 0.15) is 0 Å². The van der Waals surface area contributed by atoms with Crippen molar-refractivity contribution >= 4 is 5.91 Å². The van der Waals surface area contributed by atoms with E-state index < -0.39 is 5.82 Å². The number of ether oxygens (including phenoxy) is 1. The van der Waals surface area contributed by atoms with E-state index in [0.29, 0.717) is 5.56 Å². The van der Waals surface area contributed by atoms with E-state index in [1.165, 1.54) is 12.1 Å². The van der Waals surface area contributed by atoms with Gasteiger partial charge < -0.3 is 15.8 Å². The van der Waals surface area contributed by atoms with Crippen LogP contribution < -0.4 is 15.8 Å². The molecular formula is C12H17FN2O2. The fourth-order valence-corrected chi connectivity index (χ4v) is 1.30. The van der Waals surface area contributed by atoms with Gasteiger partial charge in [0, 0.05) is 13.1 Å². The Morgan fingerprint density at radius 1 is 1.59 bits per heavy atom. The van der Waals surface area contributed by atoms with Gasteiger partial charge in [0.15, 0.2) is 11.6 Å². The monoisotopic (exact) mass is 240 g/mol. The first-order valence-corrected chi connectivity index (χ1v) is 5.43. The Labute approximate surface area is 100.0 Å². The molecule has 0 aliphatic rings. The van der Waals surface area contributed by atoms with Gasteiger partial charge in [-0.3, -0.25) is 4.79 Å². The second-order valence-electron chi connectivity index (χ2n) is 3.75. The van der Waals surface area contributed by atoms with E-state index in [2.05, 4.69) is 5.32 Å². The van der Waals surface area contributed by atoms with Gasteiger partial charge in [0.25, 0.3) is 0 Å². The van der Waals surface area contributed by atoms with Crippen LogP contribution in [0.25, 0.3) is 0 Å². The molecule has 1 aromatic carbocycles. The van der Waals surface area contributed by atoms with Crippen molar-refractivity contribution in [2.75, 3.05) is 13.7 Å². The second-order valence-corrected chi connectivity index (χ2v) is 3.75. The van der Waals surface area contributed by atoms with Crippen LogP contribution in [0.1, 0.15) is 24.9 Å². The maximum absolute atomic E-state index is 13.5. The normalized spacial score (nSPS) is 12.0. The number of carbonyl (C=O) groups is 1. The summed E-state index contributed by atoms with van der Waals surface area (Å²) in [5, 5.41) is 2.46. The Morgan fingerprint density at radius 2 is 2.29 bits per heavy atom. The lowest BCUT2D eigenvalue weighted by Crippen LogP contribution is -2.20. The Kier molecular flexibility index (Phi) is 4.90. The molecule has 1 amide bonds. The van der Waals surface area contributed by atoms with E-state index >= 15 is 0 Å². The topological polar surface area (TPSA) is 64.3 Å². The van der Waals surface area contributed by atoms with Gasteiger partial charge in [-0.15, -0.1) is 0 Å². The third kappa shape index (κ3) is 4.03. The molecule has 3 N–H and O–H groups in total. The number of benzene rings is 1. The van der Waals surface area contributed by atoms with Crippen molar-refractivity contribution in [2.24, 2.45) is 5.73 Å². The molecule has 1 aromatic rings. The first-order valence-electron chi connectivity index (χ1n) is 5.43. The van der Waals surface area contributed by atoms with Crippen LogP contribution in [0.5, 0.6) is 5.75 Å². The van der Waals surface area contributed by atoms with Crippen molar-refractivity contribution in [3.63, 3.8) is 0 Å².